The van der Waals surface area contributed by atoms with Crippen molar-refractivity contribution in [1.29, 1.82) is 0 Å². The van der Waals surface area contributed by atoms with Gasteiger partial charge in [-0.05, 0) is 36.1 Å². The summed E-state index contributed by atoms with van der Waals surface area (Å²) in [5.74, 6) is -0.0330. The van der Waals surface area contributed by atoms with E-state index < -0.39 is 10.2 Å². The summed E-state index contributed by atoms with van der Waals surface area (Å²) < 4.78 is 34.8. The molecule has 6 heteroatoms. The monoisotopic (exact) mass is 255 g/mol. The predicted octanol–water partition coefficient (Wildman–Crippen LogP) is 1.18. The minimum atomic E-state index is -4.70. The van der Waals surface area contributed by atoms with E-state index in [-0.39, 0.29) is 17.2 Å². The van der Waals surface area contributed by atoms with Crippen LogP contribution in [0.25, 0.3) is 0 Å². The van der Waals surface area contributed by atoms with Crippen LogP contribution in [0, 0.1) is 0 Å². The minimum Gasteiger partial charge on any atom is -0.312 e. The third kappa shape index (κ3) is 1.55. The fraction of sp³-hybridized carbons (Fsp3) is 0.364. The molecule has 90 valence electrons. The first kappa shape index (κ1) is 10.7. The molecule has 0 N–H and O–H groups in total. The van der Waals surface area contributed by atoms with Crippen LogP contribution in [-0.4, -0.2) is 20.9 Å². The molecule has 1 amide bonds. The van der Waals surface area contributed by atoms with E-state index >= 15 is 0 Å². The number of carbonyl (C=O) groups is 1. The highest BCUT2D eigenvalue weighted by Gasteiger charge is 2.33. The maximum Gasteiger partial charge on any atom is 0.332 e. The molecule has 0 spiro atoms. The SMILES string of the molecule is O=C1Cc2cc(S(=O)(=O)F)cc3c2N1CCC3. The van der Waals surface area contributed by atoms with Crippen LogP contribution >= 0.6 is 0 Å². The van der Waals surface area contributed by atoms with Gasteiger partial charge in [-0.3, -0.25) is 4.79 Å². The Kier molecular flexibility index (Phi) is 2.07. The van der Waals surface area contributed by atoms with Gasteiger partial charge in [0.2, 0.25) is 5.91 Å². The van der Waals surface area contributed by atoms with E-state index in [0.29, 0.717) is 18.5 Å². The molecule has 0 unspecified atom stereocenters. The van der Waals surface area contributed by atoms with Crippen LogP contribution in [0.5, 0.6) is 0 Å². The molecule has 2 aliphatic heterocycles. The van der Waals surface area contributed by atoms with Gasteiger partial charge in [-0.2, -0.15) is 8.42 Å². The Balaban J connectivity index is 2.25. The molecule has 0 saturated carbocycles. The molecule has 0 aromatic heterocycles. The average Bonchev–Trinajstić information content (AvgIpc) is 2.56. The highest BCUT2D eigenvalue weighted by atomic mass is 32.3. The Morgan fingerprint density at radius 1 is 1.24 bits per heavy atom. The molecule has 1 aromatic rings. The second-order valence-corrected chi connectivity index (χ2v) is 5.70. The van der Waals surface area contributed by atoms with Gasteiger partial charge >= 0.3 is 10.2 Å². The van der Waals surface area contributed by atoms with Crippen molar-refractivity contribution >= 4 is 21.8 Å². The van der Waals surface area contributed by atoms with Gasteiger partial charge in [0.15, 0.2) is 0 Å². The van der Waals surface area contributed by atoms with Gasteiger partial charge < -0.3 is 4.90 Å². The Morgan fingerprint density at radius 2 is 1.94 bits per heavy atom. The van der Waals surface area contributed by atoms with E-state index in [1.165, 1.54) is 12.1 Å². The Hall–Kier alpha value is -1.43. The van der Waals surface area contributed by atoms with Crippen molar-refractivity contribution in [2.24, 2.45) is 0 Å². The van der Waals surface area contributed by atoms with Crippen LogP contribution in [0.15, 0.2) is 17.0 Å². The number of hydrogen-bond donors (Lipinski definition) is 0. The standard InChI is InChI=1S/C11H10FNO3S/c12-17(15,16)9-4-7-2-1-3-13-10(14)6-8(5-9)11(7)13/h4-5H,1-3,6H2. The topological polar surface area (TPSA) is 54.5 Å². The number of rotatable bonds is 1. The van der Waals surface area contributed by atoms with Crippen molar-refractivity contribution < 1.29 is 17.1 Å². The van der Waals surface area contributed by atoms with Gasteiger partial charge in [-0.1, -0.05) is 0 Å². The third-order valence-corrected chi connectivity index (χ3v) is 4.06. The zero-order chi connectivity index (χ0) is 12.2. The largest absolute Gasteiger partial charge is 0.332 e. The number of benzene rings is 1. The molecule has 3 rings (SSSR count). The zero-order valence-electron chi connectivity index (χ0n) is 8.94. The van der Waals surface area contributed by atoms with Crippen LogP contribution < -0.4 is 4.90 Å². The molecule has 2 heterocycles. The predicted molar refractivity (Wildman–Crippen MR) is 59.1 cm³/mol. The molecule has 1 aromatic carbocycles. The molecular weight excluding hydrogens is 245 g/mol. The molecule has 0 fully saturated rings. The number of amides is 1. The van der Waals surface area contributed by atoms with Crippen molar-refractivity contribution in [2.75, 3.05) is 11.4 Å². The van der Waals surface area contributed by atoms with Gasteiger partial charge in [0.1, 0.15) is 0 Å². The lowest BCUT2D eigenvalue weighted by Crippen LogP contribution is -2.31. The molecule has 0 radical (unpaired) electrons. The van der Waals surface area contributed by atoms with Crippen molar-refractivity contribution in [1.82, 2.24) is 0 Å². The molecule has 0 saturated heterocycles. The van der Waals surface area contributed by atoms with E-state index in [9.17, 15) is 17.1 Å². The summed E-state index contributed by atoms with van der Waals surface area (Å²) in [6, 6.07) is 2.62. The molecule has 17 heavy (non-hydrogen) atoms. The van der Waals surface area contributed by atoms with E-state index in [1.807, 2.05) is 0 Å². The normalized spacial score (nSPS) is 18.4. The summed E-state index contributed by atoms with van der Waals surface area (Å²) in [6.07, 6.45) is 1.65. The second-order valence-electron chi connectivity index (χ2n) is 4.35. The molecule has 0 aliphatic carbocycles. The Labute approximate surface area is 98.3 Å². The highest BCUT2D eigenvalue weighted by Crippen LogP contribution is 2.38. The number of nitrogens with zero attached hydrogens (tertiary/aromatic N) is 1. The third-order valence-electron chi connectivity index (χ3n) is 3.26. The molecule has 2 aliphatic rings. The Bertz CT molecular complexity index is 624. The smallest absolute Gasteiger partial charge is 0.312 e. The van der Waals surface area contributed by atoms with Gasteiger partial charge in [-0.25, -0.2) is 0 Å². The summed E-state index contributed by atoms with van der Waals surface area (Å²) >= 11 is 0. The first-order chi connectivity index (χ1) is 7.97. The van der Waals surface area contributed by atoms with Crippen molar-refractivity contribution in [3.05, 3.63) is 23.3 Å². The minimum absolute atomic E-state index is 0.0330. The summed E-state index contributed by atoms with van der Waals surface area (Å²) in [5, 5.41) is 0. The van der Waals surface area contributed by atoms with Crippen LogP contribution in [-0.2, 0) is 27.9 Å². The van der Waals surface area contributed by atoms with Crippen LogP contribution in [0.2, 0.25) is 0 Å². The first-order valence-corrected chi connectivity index (χ1v) is 6.76. The van der Waals surface area contributed by atoms with E-state index in [1.54, 1.807) is 4.90 Å². The number of halogens is 1. The van der Waals surface area contributed by atoms with E-state index in [4.69, 9.17) is 0 Å². The zero-order valence-corrected chi connectivity index (χ0v) is 9.76. The summed E-state index contributed by atoms with van der Waals surface area (Å²) in [4.78, 5) is 13.0. The lowest BCUT2D eigenvalue weighted by molar-refractivity contribution is -0.117. The highest BCUT2D eigenvalue weighted by molar-refractivity contribution is 7.86. The van der Waals surface area contributed by atoms with Gasteiger partial charge in [0, 0.05) is 6.54 Å². The fourth-order valence-corrected chi connectivity index (χ4v) is 3.15. The summed E-state index contributed by atoms with van der Waals surface area (Å²) in [6.45, 7) is 0.667. The fourth-order valence-electron chi connectivity index (χ4n) is 2.59. The number of aryl methyl sites for hydroxylation is 1. The molecule has 4 nitrogen and oxygen atoms in total. The Morgan fingerprint density at radius 3 is 2.65 bits per heavy atom. The average molecular weight is 255 g/mol. The van der Waals surface area contributed by atoms with Crippen molar-refractivity contribution in [2.45, 2.75) is 24.2 Å². The van der Waals surface area contributed by atoms with Gasteiger partial charge in [0.25, 0.3) is 0 Å². The number of anilines is 1. The van der Waals surface area contributed by atoms with E-state index in [0.717, 1.165) is 17.7 Å². The van der Waals surface area contributed by atoms with Crippen LogP contribution in [0.3, 0.4) is 0 Å². The molecular formula is C11H10FNO3S. The van der Waals surface area contributed by atoms with Gasteiger partial charge in [0.05, 0.1) is 17.0 Å². The van der Waals surface area contributed by atoms with Crippen LogP contribution in [0.1, 0.15) is 17.5 Å². The van der Waals surface area contributed by atoms with Crippen molar-refractivity contribution in [3.63, 3.8) is 0 Å². The first-order valence-electron chi connectivity index (χ1n) is 5.37. The quantitative estimate of drug-likeness (QED) is 0.708. The molecule has 0 bridgehead atoms. The number of hydrogen-bond acceptors (Lipinski definition) is 3. The maximum atomic E-state index is 13.0. The summed E-state index contributed by atoms with van der Waals surface area (Å²) in [7, 11) is -4.70. The lowest BCUT2D eigenvalue weighted by Gasteiger charge is -2.25. The van der Waals surface area contributed by atoms with Crippen molar-refractivity contribution in [3.8, 4) is 0 Å². The second kappa shape index (κ2) is 3.29. The lowest BCUT2D eigenvalue weighted by atomic mass is 10.0. The maximum absolute atomic E-state index is 13.0. The van der Waals surface area contributed by atoms with Crippen LogP contribution in [0.4, 0.5) is 9.57 Å². The summed E-state index contributed by atoms with van der Waals surface area (Å²) in [5.41, 5.74) is 2.19. The van der Waals surface area contributed by atoms with Gasteiger partial charge in [-0.15, -0.1) is 3.89 Å². The molecule has 0 atom stereocenters. The number of carbonyl (C=O) groups excluding carboxylic acids is 1. The van der Waals surface area contributed by atoms with E-state index in [2.05, 4.69) is 0 Å².